The van der Waals surface area contributed by atoms with E-state index in [0.717, 1.165) is 30.2 Å². The van der Waals surface area contributed by atoms with E-state index < -0.39 is 0 Å². The minimum atomic E-state index is 0. The smallest absolute Gasteiger partial charge is 0.226 e. The van der Waals surface area contributed by atoms with Gasteiger partial charge in [-0.3, -0.25) is 4.99 Å². The van der Waals surface area contributed by atoms with Crippen molar-refractivity contribution in [3.8, 4) is 11.5 Å². The second-order valence-electron chi connectivity index (χ2n) is 5.57. The number of hydrogen-bond donors (Lipinski definition) is 2. The number of unbranched alkanes of at least 4 members (excludes halogenated alkanes) is 2. The maximum atomic E-state index is 5.56. The molecule has 0 radical (unpaired) electrons. The molecule has 132 valence electrons. The van der Waals surface area contributed by atoms with Gasteiger partial charge in [0.05, 0.1) is 12.2 Å². The summed E-state index contributed by atoms with van der Waals surface area (Å²) in [5.74, 6) is 1.44. The van der Waals surface area contributed by atoms with Crippen molar-refractivity contribution in [2.24, 2.45) is 4.99 Å². The summed E-state index contributed by atoms with van der Waals surface area (Å²) in [6, 6.07) is 8.15. The molecule has 24 heavy (non-hydrogen) atoms. The van der Waals surface area contributed by atoms with Crippen molar-refractivity contribution in [3.63, 3.8) is 0 Å². The van der Waals surface area contributed by atoms with Gasteiger partial charge in [-0.1, -0.05) is 37.5 Å². The molecule has 0 atom stereocenters. The van der Waals surface area contributed by atoms with E-state index in [9.17, 15) is 0 Å². The number of benzene rings is 1. The Morgan fingerprint density at radius 3 is 2.58 bits per heavy atom. The van der Waals surface area contributed by atoms with Crippen LogP contribution in [0, 0.1) is 6.92 Å². The first kappa shape index (κ1) is 20.5. The van der Waals surface area contributed by atoms with Crippen LogP contribution in [0.25, 0.3) is 11.5 Å². The van der Waals surface area contributed by atoms with Gasteiger partial charge in [-0.05, 0) is 25.5 Å². The van der Waals surface area contributed by atoms with Gasteiger partial charge in [-0.2, -0.15) is 0 Å². The van der Waals surface area contributed by atoms with E-state index in [0.29, 0.717) is 12.4 Å². The second kappa shape index (κ2) is 11.1. The number of aryl methyl sites for hydroxylation is 1. The van der Waals surface area contributed by atoms with Crippen molar-refractivity contribution >= 4 is 29.9 Å². The van der Waals surface area contributed by atoms with Crippen molar-refractivity contribution in [2.45, 2.75) is 39.7 Å². The fourth-order valence-corrected chi connectivity index (χ4v) is 2.19. The lowest BCUT2D eigenvalue weighted by Crippen LogP contribution is -2.37. The van der Waals surface area contributed by atoms with Gasteiger partial charge in [0.25, 0.3) is 0 Å². The summed E-state index contributed by atoms with van der Waals surface area (Å²) in [7, 11) is 1.77. The zero-order valence-electron chi connectivity index (χ0n) is 14.6. The number of guanidine groups is 1. The molecule has 2 aromatic rings. The Labute approximate surface area is 161 Å². The highest BCUT2D eigenvalue weighted by Crippen LogP contribution is 2.18. The Morgan fingerprint density at radius 2 is 1.92 bits per heavy atom. The van der Waals surface area contributed by atoms with Crippen LogP contribution in [0.4, 0.5) is 0 Å². The first-order valence-corrected chi connectivity index (χ1v) is 8.19. The molecule has 2 N–H and O–H groups in total. The van der Waals surface area contributed by atoms with E-state index in [4.69, 9.17) is 4.42 Å². The third-order valence-electron chi connectivity index (χ3n) is 3.58. The van der Waals surface area contributed by atoms with Crippen LogP contribution in [-0.4, -0.2) is 24.5 Å². The number of hydrogen-bond acceptors (Lipinski definition) is 3. The van der Waals surface area contributed by atoms with E-state index in [-0.39, 0.29) is 24.0 Å². The van der Waals surface area contributed by atoms with Gasteiger partial charge in [0.2, 0.25) is 5.89 Å². The maximum absolute atomic E-state index is 5.56. The standard InChI is InChI=1S/C18H26N4O.HI/c1-4-5-6-11-20-18(19-3)21-12-16-13-23-17(22-16)15-9-7-14(2)8-10-15;/h7-10,13H,4-6,11-12H2,1-3H3,(H2,19,20,21);1H. The molecule has 1 aromatic carbocycles. The summed E-state index contributed by atoms with van der Waals surface area (Å²) in [6.07, 6.45) is 5.28. The summed E-state index contributed by atoms with van der Waals surface area (Å²) < 4.78 is 5.56. The van der Waals surface area contributed by atoms with Crippen molar-refractivity contribution < 1.29 is 4.42 Å². The summed E-state index contributed by atoms with van der Waals surface area (Å²) in [5.41, 5.74) is 3.07. The summed E-state index contributed by atoms with van der Waals surface area (Å²) in [5, 5.41) is 6.55. The molecule has 0 spiro atoms. The van der Waals surface area contributed by atoms with Crippen LogP contribution in [0.5, 0.6) is 0 Å². The third kappa shape index (κ3) is 6.51. The van der Waals surface area contributed by atoms with E-state index in [2.05, 4.69) is 46.6 Å². The monoisotopic (exact) mass is 442 g/mol. The number of aliphatic imine (C=N–C) groups is 1. The Bertz CT molecular complexity index is 622. The molecule has 0 aliphatic heterocycles. The topological polar surface area (TPSA) is 62.5 Å². The molecule has 0 aliphatic rings. The molecule has 0 fully saturated rings. The van der Waals surface area contributed by atoms with Crippen LogP contribution in [0.2, 0.25) is 0 Å². The summed E-state index contributed by atoms with van der Waals surface area (Å²) >= 11 is 0. The van der Waals surface area contributed by atoms with Gasteiger partial charge in [0.1, 0.15) is 6.26 Å². The van der Waals surface area contributed by atoms with Gasteiger partial charge in [-0.15, -0.1) is 24.0 Å². The van der Waals surface area contributed by atoms with E-state index >= 15 is 0 Å². The van der Waals surface area contributed by atoms with E-state index in [1.54, 1.807) is 13.3 Å². The first-order valence-electron chi connectivity index (χ1n) is 8.19. The Balaban J connectivity index is 0.00000288. The second-order valence-corrected chi connectivity index (χ2v) is 5.57. The van der Waals surface area contributed by atoms with Gasteiger partial charge < -0.3 is 15.1 Å². The molecule has 2 rings (SSSR count). The molecular formula is C18H27IN4O. The summed E-state index contributed by atoms with van der Waals surface area (Å²) in [6.45, 7) is 5.78. The Morgan fingerprint density at radius 1 is 1.17 bits per heavy atom. The number of nitrogens with one attached hydrogen (secondary N) is 2. The predicted octanol–water partition coefficient (Wildman–Crippen LogP) is 4.12. The van der Waals surface area contributed by atoms with Crippen molar-refractivity contribution in [1.29, 1.82) is 0 Å². The van der Waals surface area contributed by atoms with Crippen LogP contribution < -0.4 is 10.6 Å². The Kier molecular flexibility index (Phi) is 9.44. The molecule has 0 saturated heterocycles. The minimum absolute atomic E-state index is 0. The molecule has 5 nitrogen and oxygen atoms in total. The molecule has 1 aromatic heterocycles. The number of halogens is 1. The lowest BCUT2D eigenvalue weighted by molar-refractivity contribution is 0.572. The van der Waals surface area contributed by atoms with E-state index in [1.165, 1.54) is 18.4 Å². The molecule has 0 unspecified atom stereocenters. The SMILES string of the molecule is CCCCCNC(=NC)NCc1coc(-c2ccc(C)cc2)n1.I. The first-order chi connectivity index (χ1) is 11.2. The number of aromatic nitrogens is 1. The lowest BCUT2D eigenvalue weighted by atomic mass is 10.1. The highest BCUT2D eigenvalue weighted by Gasteiger charge is 2.07. The number of oxazole rings is 1. The van der Waals surface area contributed by atoms with Gasteiger partial charge in [0.15, 0.2) is 5.96 Å². The zero-order chi connectivity index (χ0) is 16.5. The lowest BCUT2D eigenvalue weighted by Gasteiger charge is -2.10. The highest BCUT2D eigenvalue weighted by atomic mass is 127. The summed E-state index contributed by atoms with van der Waals surface area (Å²) in [4.78, 5) is 8.73. The average Bonchev–Trinajstić information content (AvgIpc) is 3.04. The van der Waals surface area contributed by atoms with E-state index in [1.807, 2.05) is 12.1 Å². The van der Waals surface area contributed by atoms with Gasteiger partial charge in [0, 0.05) is 19.2 Å². The molecule has 6 heteroatoms. The molecule has 0 amide bonds. The van der Waals surface area contributed by atoms with Crippen molar-refractivity contribution in [1.82, 2.24) is 15.6 Å². The fraction of sp³-hybridized carbons (Fsp3) is 0.444. The predicted molar refractivity (Wildman–Crippen MR) is 110 cm³/mol. The minimum Gasteiger partial charge on any atom is -0.444 e. The number of rotatable bonds is 7. The van der Waals surface area contributed by atoms with Crippen LogP contribution in [-0.2, 0) is 6.54 Å². The van der Waals surface area contributed by atoms with Crippen molar-refractivity contribution in [2.75, 3.05) is 13.6 Å². The molecule has 0 saturated carbocycles. The van der Waals surface area contributed by atoms with Crippen LogP contribution >= 0.6 is 24.0 Å². The Hall–Kier alpha value is -1.57. The van der Waals surface area contributed by atoms with Gasteiger partial charge >= 0.3 is 0 Å². The third-order valence-corrected chi connectivity index (χ3v) is 3.58. The van der Waals surface area contributed by atoms with Crippen LogP contribution in [0.1, 0.15) is 37.4 Å². The molecular weight excluding hydrogens is 415 g/mol. The highest BCUT2D eigenvalue weighted by molar-refractivity contribution is 14.0. The average molecular weight is 442 g/mol. The van der Waals surface area contributed by atoms with Crippen molar-refractivity contribution in [3.05, 3.63) is 41.8 Å². The quantitative estimate of drug-likeness (QED) is 0.293. The number of nitrogens with zero attached hydrogens (tertiary/aromatic N) is 2. The molecule has 1 heterocycles. The fourth-order valence-electron chi connectivity index (χ4n) is 2.19. The zero-order valence-corrected chi connectivity index (χ0v) is 17.0. The normalized spacial score (nSPS) is 11.0. The maximum Gasteiger partial charge on any atom is 0.226 e. The molecule has 0 aliphatic carbocycles. The van der Waals surface area contributed by atoms with Crippen LogP contribution in [0.15, 0.2) is 39.9 Å². The molecule has 0 bridgehead atoms. The van der Waals surface area contributed by atoms with Gasteiger partial charge in [-0.25, -0.2) is 4.98 Å². The largest absolute Gasteiger partial charge is 0.444 e. The van der Waals surface area contributed by atoms with Crippen LogP contribution in [0.3, 0.4) is 0 Å².